The second-order valence-electron chi connectivity index (χ2n) is 6.64. The van der Waals surface area contributed by atoms with E-state index in [1.807, 2.05) is 11.8 Å². The maximum Gasteiger partial charge on any atom is 0.416 e. The van der Waals surface area contributed by atoms with Crippen molar-refractivity contribution in [1.82, 2.24) is 0 Å². The number of ether oxygens (including phenoxy) is 2. The number of hydrogen-bond acceptors (Lipinski definition) is 4. The lowest BCUT2D eigenvalue weighted by atomic mass is 10.1. The Kier molecular flexibility index (Phi) is 6.51. The molecule has 1 amide bonds. The van der Waals surface area contributed by atoms with Crippen LogP contribution >= 0.6 is 0 Å². The predicted octanol–water partition coefficient (Wildman–Crippen LogP) is 4.72. The minimum absolute atomic E-state index is 0.133. The van der Waals surface area contributed by atoms with E-state index in [1.165, 1.54) is 6.07 Å². The largest absolute Gasteiger partial charge is 0.490 e. The summed E-state index contributed by atoms with van der Waals surface area (Å²) in [5, 5.41) is 2.58. The molecule has 1 heterocycles. The lowest BCUT2D eigenvalue weighted by Crippen LogP contribution is -2.24. The second kappa shape index (κ2) is 9.07. The van der Waals surface area contributed by atoms with Crippen LogP contribution in [0.2, 0.25) is 0 Å². The molecule has 2 aromatic rings. The molecule has 29 heavy (non-hydrogen) atoms. The molecule has 0 unspecified atom stereocenters. The van der Waals surface area contributed by atoms with Crippen molar-refractivity contribution < 1.29 is 27.4 Å². The number of amides is 1. The van der Waals surface area contributed by atoms with E-state index in [4.69, 9.17) is 9.47 Å². The molecule has 0 radical (unpaired) electrons. The molecule has 0 aliphatic carbocycles. The third kappa shape index (κ3) is 5.34. The lowest BCUT2D eigenvalue weighted by Gasteiger charge is -2.23. The number of hydrogen-bond donors (Lipinski definition) is 1. The van der Waals surface area contributed by atoms with Gasteiger partial charge < -0.3 is 19.7 Å². The van der Waals surface area contributed by atoms with E-state index in [9.17, 15) is 18.0 Å². The molecule has 156 valence electrons. The van der Waals surface area contributed by atoms with Crippen LogP contribution in [0.15, 0.2) is 42.5 Å². The summed E-state index contributed by atoms with van der Waals surface area (Å²) in [6.45, 7) is 3.41. The van der Waals surface area contributed by atoms with Gasteiger partial charge in [0.2, 0.25) is 0 Å². The highest BCUT2D eigenvalue weighted by molar-refractivity contribution is 5.95. The van der Waals surface area contributed by atoms with Gasteiger partial charge in [-0.15, -0.1) is 0 Å². The number of alkyl halides is 3. The molecule has 0 bridgehead atoms. The first-order valence-electron chi connectivity index (χ1n) is 9.49. The van der Waals surface area contributed by atoms with Gasteiger partial charge in [0, 0.05) is 13.1 Å². The number of anilines is 2. The van der Waals surface area contributed by atoms with Gasteiger partial charge in [0.15, 0.2) is 18.1 Å². The molecular weight excluding hydrogens is 385 g/mol. The van der Waals surface area contributed by atoms with E-state index in [2.05, 4.69) is 5.32 Å². The van der Waals surface area contributed by atoms with Crippen LogP contribution < -0.4 is 19.7 Å². The third-order valence-corrected chi connectivity index (χ3v) is 4.55. The topological polar surface area (TPSA) is 50.8 Å². The Morgan fingerprint density at radius 1 is 1.07 bits per heavy atom. The molecule has 8 heteroatoms. The Balaban J connectivity index is 1.74. The summed E-state index contributed by atoms with van der Waals surface area (Å²) >= 11 is 0. The summed E-state index contributed by atoms with van der Waals surface area (Å²) in [6, 6.07) is 10.3. The fourth-order valence-electron chi connectivity index (χ4n) is 3.22. The maximum atomic E-state index is 13.1. The van der Waals surface area contributed by atoms with Crippen molar-refractivity contribution >= 4 is 17.3 Å². The van der Waals surface area contributed by atoms with E-state index in [0.717, 1.165) is 38.1 Å². The summed E-state index contributed by atoms with van der Waals surface area (Å²) in [6.07, 6.45) is -2.56. The molecule has 1 aliphatic heterocycles. The fraction of sp³-hybridized carbons (Fsp3) is 0.381. The van der Waals surface area contributed by atoms with Gasteiger partial charge in [0.25, 0.3) is 5.91 Å². The molecule has 1 saturated heterocycles. The van der Waals surface area contributed by atoms with E-state index in [0.29, 0.717) is 23.8 Å². The van der Waals surface area contributed by atoms with Crippen LogP contribution in [0.5, 0.6) is 11.5 Å². The number of nitrogens with one attached hydrogen (secondary N) is 1. The highest BCUT2D eigenvalue weighted by atomic mass is 19.4. The van der Waals surface area contributed by atoms with E-state index < -0.39 is 17.6 Å². The minimum Gasteiger partial charge on any atom is -0.490 e. The standard InChI is InChI=1S/C21H23F3N2O3/c1-2-28-18-7-3-4-8-19(18)29-14-20(27)25-16-13-15(21(22,23)24)9-10-17(16)26-11-5-6-12-26/h3-4,7-10,13H,2,5-6,11-12,14H2,1H3,(H,25,27). The lowest BCUT2D eigenvalue weighted by molar-refractivity contribution is -0.137. The van der Waals surface area contributed by atoms with Gasteiger partial charge >= 0.3 is 6.18 Å². The van der Waals surface area contributed by atoms with Gasteiger partial charge in [0.1, 0.15) is 0 Å². The van der Waals surface area contributed by atoms with Gasteiger partial charge in [0.05, 0.1) is 23.5 Å². The molecule has 1 fully saturated rings. The van der Waals surface area contributed by atoms with Crippen LogP contribution in [-0.4, -0.2) is 32.2 Å². The van der Waals surface area contributed by atoms with Gasteiger partial charge in [-0.2, -0.15) is 13.2 Å². The van der Waals surface area contributed by atoms with Crippen molar-refractivity contribution in [3.63, 3.8) is 0 Å². The highest BCUT2D eigenvalue weighted by Crippen LogP contribution is 2.36. The van der Waals surface area contributed by atoms with Gasteiger partial charge in [-0.3, -0.25) is 4.79 Å². The summed E-state index contributed by atoms with van der Waals surface area (Å²) in [4.78, 5) is 14.4. The van der Waals surface area contributed by atoms with Crippen molar-refractivity contribution in [3.05, 3.63) is 48.0 Å². The summed E-state index contributed by atoms with van der Waals surface area (Å²) in [5.41, 5.74) is -0.0923. The van der Waals surface area contributed by atoms with E-state index >= 15 is 0 Å². The molecule has 5 nitrogen and oxygen atoms in total. The Labute approximate surface area is 167 Å². The monoisotopic (exact) mass is 408 g/mol. The van der Waals surface area contributed by atoms with Crippen molar-refractivity contribution in [2.45, 2.75) is 25.9 Å². The van der Waals surface area contributed by atoms with Crippen molar-refractivity contribution in [2.75, 3.05) is 36.5 Å². The molecule has 0 atom stereocenters. The minimum atomic E-state index is -4.49. The molecule has 3 rings (SSSR count). The van der Waals surface area contributed by atoms with Gasteiger partial charge in [-0.1, -0.05) is 12.1 Å². The summed E-state index contributed by atoms with van der Waals surface area (Å²) in [5.74, 6) is 0.351. The number of carbonyl (C=O) groups is 1. The Bertz CT molecular complexity index is 849. The Morgan fingerprint density at radius 2 is 1.72 bits per heavy atom. The molecule has 0 spiro atoms. The first-order valence-corrected chi connectivity index (χ1v) is 9.49. The second-order valence-corrected chi connectivity index (χ2v) is 6.64. The normalized spacial score (nSPS) is 14.0. The average Bonchev–Trinajstić information content (AvgIpc) is 3.21. The highest BCUT2D eigenvalue weighted by Gasteiger charge is 2.32. The Morgan fingerprint density at radius 3 is 2.34 bits per heavy atom. The smallest absolute Gasteiger partial charge is 0.416 e. The molecule has 0 aromatic heterocycles. The van der Waals surface area contributed by atoms with Crippen molar-refractivity contribution in [1.29, 1.82) is 0 Å². The van der Waals surface area contributed by atoms with Crippen molar-refractivity contribution in [2.24, 2.45) is 0 Å². The molecule has 1 N–H and O–H groups in total. The molecular formula is C21H23F3N2O3. The molecule has 0 saturated carbocycles. The Hall–Kier alpha value is -2.90. The van der Waals surface area contributed by atoms with Crippen LogP contribution in [0.1, 0.15) is 25.3 Å². The SMILES string of the molecule is CCOc1ccccc1OCC(=O)Nc1cc(C(F)(F)F)ccc1N1CCCC1. The zero-order chi connectivity index (χ0) is 20.9. The maximum absolute atomic E-state index is 13.1. The quantitative estimate of drug-likeness (QED) is 0.720. The van der Waals surface area contributed by atoms with Crippen LogP contribution in [0, 0.1) is 0 Å². The van der Waals surface area contributed by atoms with E-state index in [1.54, 1.807) is 24.3 Å². The average molecular weight is 408 g/mol. The van der Waals surface area contributed by atoms with Gasteiger partial charge in [-0.25, -0.2) is 0 Å². The number of rotatable bonds is 7. The third-order valence-electron chi connectivity index (χ3n) is 4.55. The van der Waals surface area contributed by atoms with Gasteiger partial charge in [-0.05, 0) is 50.1 Å². The van der Waals surface area contributed by atoms with E-state index in [-0.39, 0.29) is 12.3 Å². The molecule has 1 aliphatic rings. The first kappa shape index (κ1) is 20.8. The molecule has 2 aromatic carbocycles. The number of carbonyl (C=O) groups excluding carboxylic acids is 1. The summed E-state index contributed by atoms with van der Waals surface area (Å²) in [7, 11) is 0. The predicted molar refractivity (Wildman–Crippen MR) is 105 cm³/mol. The van der Waals surface area contributed by atoms with Crippen LogP contribution in [0.3, 0.4) is 0 Å². The van der Waals surface area contributed by atoms with Crippen LogP contribution in [0.4, 0.5) is 24.5 Å². The summed E-state index contributed by atoms with van der Waals surface area (Å²) < 4.78 is 50.4. The first-order chi connectivity index (χ1) is 13.9. The van der Waals surface area contributed by atoms with Crippen LogP contribution in [0.25, 0.3) is 0 Å². The zero-order valence-electron chi connectivity index (χ0n) is 16.1. The zero-order valence-corrected chi connectivity index (χ0v) is 16.1. The van der Waals surface area contributed by atoms with Crippen molar-refractivity contribution in [3.8, 4) is 11.5 Å². The van der Waals surface area contributed by atoms with Crippen LogP contribution in [-0.2, 0) is 11.0 Å². The number of benzene rings is 2. The number of para-hydroxylation sites is 2. The number of nitrogens with zero attached hydrogens (tertiary/aromatic N) is 1. The number of halogens is 3. The fourth-order valence-corrected chi connectivity index (χ4v) is 3.22.